The number of hydrogen-bond acceptors (Lipinski definition) is 6. The van der Waals surface area contributed by atoms with Crippen LogP contribution in [0.25, 0.3) is 0 Å². The first-order valence-corrected chi connectivity index (χ1v) is 9.35. The summed E-state index contributed by atoms with van der Waals surface area (Å²) in [5, 5.41) is 7.63. The highest BCUT2D eigenvalue weighted by Gasteiger charge is 2.25. The molecule has 3 rings (SSSR count). The first-order chi connectivity index (χ1) is 13.5. The van der Waals surface area contributed by atoms with Crippen molar-refractivity contribution in [3.8, 4) is 5.75 Å². The maximum atomic E-state index is 12.2. The normalized spacial score (nSPS) is 15.4. The third-order valence-corrected chi connectivity index (χ3v) is 4.80. The van der Waals surface area contributed by atoms with Crippen LogP contribution in [-0.2, 0) is 20.8 Å². The molecule has 0 fully saturated rings. The number of ether oxygens (including phenoxy) is 1. The van der Waals surface area contributed by atoms with Gasteiger partial charge >= 0.3 is 0 Å². The van der Waals surface area contributed by atoms with Crippen LogP contribution in [0.2, 0.25) is 5.02 Å². The SMILES string of the molecule is COc1ccc(NC(=O)Cc2csc(NC(=O)C3C=CC=NC3=O)n2)cc1Cl. The van der Waals surface area contributed by atoms with E-state index in [2.05, 4.69) is 20.6 Å². The number of hydrogen-bond donors (Lipinski definition) is 2. The van der Waals surface area contributed by atoms with Gasteiger partial charge in [0.25, 0.3) is 5.91 Å². The summed E-state index contributed by atoms with van der Waals surface area (Å²) >= 11 is 7.20. The third kappa shape index (κ3) is 4.81. The maximum Gasteiger partial charge on any atom is 0.262 e. The minimum atomic E-state index is -0.972. The van der Waals surface area contributed by atoms with Crippen molar-refractivity contribution >= 4 is 57.7 Å². The Morgan fingerprint density at radius 3 is 2.86 bits per heavy atom. The van der Waals surface area contributed by atoms with Crippen molar-refractivity contribution in [2.24, 2.45) is 10.9 Å². The number of rotatable bonds is 6. The van der Waals surface area contributed by atoms with Crippen LogP contribution in [0.5, 0.6) is 5.75 Å². The molecule has 1 aromatic heterocycles. The van der Waals surface area contributed by atoms with Crippen molar-refractivity contribution in [1.82, 2.24) is 4.98 Å². The van der Waals surface area contributed by atoms with E-state index in [1.807, 2.05) is 0 Å². The Bertz CT molecular complexity index is 986. The molecule has 0 saturated heterocycles. The summed E-state index contributed by atoms with van der Waals surface area (Å²) in [6, 6.07) is 4.91. The molecular weight excluding hydrogens is 404 g/mol. The lowest BCUT2D eigenvalue weighted by atomic mass is 10.1. The van der Waals surface area contributed by atoms with Crippen molar-refractivity contribution < 1.29 is 19.1 Å². The van der Waals surface area contributed by atoms with E-state index in [1.165, 1.54) is 25.5 Å². The Morgan fingerprint density at radius 1 is 1.32 bits per heavy atom. The van der Waals surface area contributed by atoms with Crippen molar-refractivity contribution in [3.05, 3.63) is 46.4 Å². The topological polar surface area (TPSA) is 110 Å². The lowest BCUT2D eigenvalue weighted by molar-refractivity contribution is -0.128. The highest BCUT2D eigenvalue weighted by Crippen LogP contribution is 2.27. The van der Waals surface area contributed by atoms with Crippen molar-refractivity contribution in [2.45, 2.75) is 6.42 Å². The Morgan fingerprint density at radius 2 is 2.14 bits per heavy atom. The number of carbonyl (C=O) groups excluding carboxylic acids is 3. The van der Waals surface area contributed by atoms with E-state index >= 15 is 0 Å². The van der Waals surface area contributed by atoms with E-state index in [9.17, 15) is 14.4 Å². The number of thiazole rings is 1. The molecule has 1 unspecified atom stereocenters. The van der Waals surface area contributed by atoms with Crippen LogP contribution >= 0.6 is 22.9 Å². The number of carbonyl (C=O) groups is 3. The zero-order valence-electron chi connectivity index (χ0n) is 14.6. The van der Waals surface area contributed by atoms with Crippen LogP contribution in [0, 0.1) is 5.92 Å². The van der Waals surface area contributed by atoms with Gasteiger partial charge < -0.3 is 15.4 Å². The molecule has 1 aromatic carbocycles. The molecule has 1 aliphatic rings. The highest BCUT2D eigenvalue weighted by molar-refractivity contribution is 7.14. The first kappa shape index (κ1) is 19.7. The summed E-state index contributed by atoms with van der Waals surface area (Å²) in [5.41, 5.74) is 1.02. The van der Waals surface area contributed by atoms with Gasteiger partial charge in [0.05, 0.1) is 24.2 Å². The molecule has 8 nitrogen and oxygen atoms in total. The summed E-state index contributed by atoms with van der Waals surface area (Å²) in [5.74, 6) is -1.80. The number of anilines is 2. The monoisotopic (exact) mass is 418 g/mol. The fourth-order valence-corrected chi connectivity index (χ4v) is 3.35. The first-order valence-electron chi connectivity index (χ1n) is 8.09. The molecule has 3 amide bonds. The third-order valence-electron chi connectivity index (χ3n) is 3.70. The van der Waals surface area contributed by atoms with Crippen molar-refractivity contribution in [1.29, 1.82) is 0 Å². The van der Waals surface area contributed by atoms with Crippen LogP contribution in [0.4, 0.5) is 10.8 Å². The predicted molar refractivity (Wildman–Crippen MR) is 107 cm³/mol. The van der Waals surface area contributed by atoms with E-state index in [0.717, 1.165) is 11.3 Å². The van der Waals surface area contributed by atoms with Gasteiger partial charge in [0.1, 0.15) is 11.7 Å². The van der Waals surface area contributed by atoms with Gasteiger partial charge in [-0.15, -0.1) is 11.3 Å². The van der Waals surface area contributed by atoms with E-state index in [-0.39, 0.29) is 12.3 Å². The summed E-state index contributed by atoms with van der Waals surface area (Å²) in [7, 11) is 1.51. The lowest BCUT2D eigenvalue weighted by Gasteiger charge is -2.09. The number of amides is 3. The maximum absolute atomic E-state index is 12.2. The number of nitrogens with zero attached hydrogens (tertiary/aromatic N) is 2. The quantitative estimate of drug-likeness (QED) is 0.701. The molecule has 10 heteroatoms. The Labute approximate surface area is 169 Å². The Hall–Kier alpha value is -3.04. The molecule has 28 heavy (non-hydrogen) atoms. The van der Waals surface area contributed by atoms with E-state index in [1.54, 1.807) is 23.6 Å². The average Bonchev–Trinajstić information content (AvgIpc) is 3.08. The van der Waals surface area contributed by atoms with Gasteiger partial charge in [-0.2, -0.15) is 0 Å². The molecule has 2 aromatic rings. The molecule has 1 atom stereocenters. The average molecular weight is 419 g/mol. The zero-order valence-corrected chi connectivity index (χ0v) is 16.2. The standard InChI is InChI=1S/C18H15ClN4O4S/c1-27-14-5-4-10(7-13(14)19)21-15(24)8-11-9-28-18(22-11)23-17(26)12-3-2-6-20-16(12)25/h2-7,9,12H,8H2,1H3,(H,21,24)(H,22,23,26). The minimum absolute atomic E-state index is 0.0164. The van der Waals surface area contributed by atoms with Crippen LogP contribution in [0.15, 0.2) is 40.7 Å². The van der Waals surface area contributed by atoms with Gasteiger partial charge in [-0.05, 0) is 24.3 Å². The summed E-state index contributed by atoms with van der Waals surface area (Å²) < 4.78 is 5.06. The number of halogens is 1. The highest BCUT2D eigenvalue weighted by atomic mass is 35.5. The largest absolute Gasteiger partial charge is 0.495 e. The van der Waals surface area contributed by atoms with Gasteiger partial charge in [-0.3, -0.25) is 14.4 Å². The second-order valence-corrected chi connectivity index (χ2v) is 6.95. The number of aliphatic imine (C=N–C) groups is 1. The molecule has 0 spiro atoms. The van der Waals surface area contributed by atoms with Crippen molar-refractivity contribution in [2.75, 3.05) is 17.7 Å². The lowest BCUT2D eigenvalue weighted by Crippen LogP contribution is -2.28. The van der Waals surface area contributed by atoms with Gasteiger partial charge in [0.15, 0.2) is 5.13 Å². The number of allylic oxidation sites excluding steroid dienone is 1. The Kier molecular flexibility index (Phi) is 6.17. The van der Waals surface area contributed by atoms with Gasteiger partial charge in [-0.25, -0.2) is 9.98 Å². The molecule has 0 saturated carbocycles. The number of benzene rings is 1. The van der Waals surface area contributed by atoms with Crippen LogP contribution < -0.4 is 15.4 Å². The molecular formula is C18H15ClN4O4S. The summed E-state index contributed by atoms with van der Waals surface area (Å²) in [6.07, 6.45) is 4.35. The number of aromatic nitrogens is 1. The smallest absolute Gasteiger partial charge is 0.262 e. The molecule has 2 N–H and O–H groups in total. The second kappa shape index (κ2) is 8.77. The number of dihydropyridines is 1. The number of nitrogens with one attached hydrogen (secondary N) is 2. The van der Waals surface area contributed by atoms with Crippen LogP contribution in [0.1, 0.15) is 5.69 Å². The molecule has 144 valence electrons. The summed E-state index contributed by atoms with van der Waals surface area (Å²) in [4.78, 5) is 43.7. The molecule has 0 radical (unpaired) electrons. The Balaban J connectivity index is 1.56. The van der Waals surface area contributed by atoms with E-state index in [0.29, 0.717) is 27.3 Å². The van der Waals surface area contributed by atoms with Gasteiger partial charge in [-0.1, -0.05) is 17.7 Å². The number of methoxy groups -OCH3 is 1. The van der Waals surface area contributed by atoms with Gasteiger partial charge in [0, 0.05) is 17.3 Å². The second-order valence-electron chi connectivity index (χ2n) is 5.69. The fourth-order valence-electron chi connectivity index (χ4n) is 2.38. The molecule has 2 heterocycles. The van der Waals surface area contributed by atoms with Crippen LogP contribution in [0.3, 0.4) is 0 Å². The molecule has 1 aliphatic heterocycles. The molecule has 0 bridgehead atoms. The summed E-state index contributed by atoms with van der Waals surface area (Å²) in [6.45, 7) is 0. The fraction of sp³-hybridized carbons (Fsp3) is 0.167. The van der Waals surface area contributed by atoms with E-state index in [4.69, 9.17) is 16.3 Å². The molecule has 0 aliphatic carbocycles. The van der Waals surface area contributed by atoms with Crippen LogP contribution in [-0.4, -0.2) is 36.0 Å². The van der Waals surface area contributed by atoms with E-state index < -0.39 is 17.7 Å². The minimum Gasteiger partial charge on any atom is -0.495 e. The van der Waals surface area contributed by atoms with Crippen molar-refractivity contribution in [3.63, 3.8) is 0 Å². The van der Waals surface area contributed by atoms with Gasteiger partial charge in [0.2, 0.25) is 11.8 Å². The zero-order chi connectivity index (χ0) is 20.1. The predicted octanol–water partition coefficient (Wildman–Crippen LogP) is 2.71.